The van der Waals surface area contributed by atoms with Crippen LogP contribution in [0, 0.1) is 5.82 Å². The highest BCUT2D eigenvalue weighted by Gasteiger charge is 2.29. The van der Waals surface area contributed by atoms with Crippen LogP contribution in [0.4, 0.5) is 4.39 Å². The molecule has 2 heterocycles. The number of aromatic nitrogens is 2. The van der Waals surface area contributed by atoms with E-state index in [9.17, 15) is 19.4 Å². The van der Waals surface area contributed by atoms with Gasteiger partial charge in [-0.1, -0.05) is 12.1 Å². The molecule has 0 saturated heterocycles. The van der Waals surface area contributed by atoms with E-state index >= 15 is 0 Å². The predicted molar refractivity (Wildman–Crippen MR) is 68.8 cm³/mol. The van der Waals surface area contributed by atoms with Gasteiger partial charge in [-0.25, -0.2) is 14.2 Å². The normalized spacial score (nSPS) is 17.8. The fraction of sp³-hybridized carbons (Fsp3) is 0.286. The maximum absolute atomic E-state index is 13.9. The zero-order valence-corrected chi connectivity index (χ0v) is 10.6. The number of aliphatic hydroxyl groups is 1. The van der Waals surface area contributed by atoms with Gasteiger partial charge in [-0.05, 0) is 31.4 Å². The summed E-state index contributed by atoms with van der Waals surface area (Å²) in [6.45, 7) is 0. The molecule has 0 aliphatic carbocycles. The van der Waals surface area contributed by atoms with E-state index < -0.39 is 18.0 Å². The third-order valence-corrected chi connectivity index (χ3v) is 3.50. The highest BCUT2D eigenvalue weighted by Crippen LogP contribution is 2.33. The predicted octanol–water partition coefficient (Wildman–Crippen LogP) is 2.21. The molecule has 1 aliphatic heterocycles. The average molecular weight is 276 g/mol. The van der Waals surface area contributed by atoms with Gasteiger partial charge in [0.1, 0.15) is 17.9 Å². The number of fused-ring (bicyclic) bond motifs is 1. The minimum atomic E-state index is -1.16. The van der Waals surface area contributed by atoms with Crippen LogP contribution in [-0.2, 0) is 6.42 Å². The van der Waals surface area contributed by atoms with Crippen LogP contribution >= 0.6 is 0 Å². The lowest BCUT2D eigenvalue weighted by atomic mass is 10.1. The summed E-state index contributed by atoms with van der Waals surface area (Å²) in [7, 11) is 0. The van der Waals surface area contributed by atoms with Gasteiger partial charge in [-0.2, -0.15) is 0 Å². The highest BCUT2D eigenvalue weighted by molar-refractivity contribution is 5.88. The Morgan fingerprint density at radius 3 is 2.85 bits per heavy atom. The molecule has 2 aromatic rings. The summed E-state index contributed by atoms with van der Waals surface area (Å²) in [5.74, 6) is -1.48. The second-order valence-corrected chi connectivity index (χ2v) is 4.76. The van der Waals surface area contributed by atoms with E-state index in [1.165, 1.54) is 16.7 Å². The SMILES string of the molecule is O=C(O)c1nc(-c2ccccc2F)n2c1CCCC2O. The van der Waals surface area contributed by atoms with Crippen LogP contribution < -0.4 is 0 Å². The van der Waals surface area contributed by atoms with Crippen LogP contribution in [-0.4, -0.2) is 25.7 Å². The number of nitrogens with zero attached hydrogens (tertiary/aromatic N) is 2. The first-order chi connectivity index (χ1) is 9.59. The van der Waals surface area contributed by atoms with Crippen LogP contribution in [0.1, 0.15) is 35.3 Å². The Labute approximate surface area is 114 Å². The van der Waals surface area contributed by atoms with Gasteiger partial charge in [0.15, 0.2) is 5.69 Å². The monoisotopic (exact) mass is 276 g/mol. The van der Waals surface area contributed by atoms with Crippen molar-refractivity contribution in [2.24, 2.45) is 0 Å². The Bertz CT molecular complexity index is 681. The lowest BCUT2D eigenvalue weighted by Gasteiger charge is -2.23. The van der Waals surface area contributed by atoms with E-state index in [2.05, 4.69) is 4.98 Å². The summed E-state index contributed by atoms with van der Waals surface area (Å²) < 4.78 is 15.3. The average Bonchev–Trinajstić information content (AvgIpc) is 2.80. The number of hydrogen-bond donors (Lipinski definition) is 2. The smallest absolute Gasteiger partial charge is 0.356 e. The molecule has 0 spiro atoms. The number of benzene rings is 1. The number of halogens is 1. The Hall–Kier alpha value is -2.21. The largest absolute Gasteiger partial charge is 0.476 e. The van der Waals surface area contributed by atoms with E-state index in [-0.39, 0.29) is 17.1 Å². The Balaban J connectivity index is 2.26. The fourth-order valence-corrected chi connectivity index (χ4v) is 2.61. The molecule has 1 unspecified atom stereocenters. The fourth-order valence-electron chi connectivity index (χ4n) is 2.61. The van der Waals surface area contributed by atoms with Crippen molar-refractivity contribution in [1.82, 2.24) is 9.55 Å². The maximum atomic E-state index is 13.9. The van der Waals surface area contributed by atoms with E-state index in [0.717, 1.165) is 0 Å². The number of carboxylic acids is 1. The lowest BCUT2D eigenvalue weighted by molar-refractivity contribution is 0.0678. The third-order valence-electron chi connectivity index (χ3n) is 3.50. The van der Waals surface area contributed by atoms with Gasteiger partial charge in [0.25, 0.3) is 0 Å². The van der Waals surface area contributed by atoms with Crippen LogP contribution in [0.15, 0.2) is 24.3 Å². The van der Waals surface area contributed by atoms with Gasteiger partial charge in [0.05, 0.1) is 11.3 Å². The van der Waals surface area contributed by atoms with E-state index in [1.54, 1.807) is 12.1 Å². The number of imidazole rings is 1. The Morgan fingerprint density at radius 2 is 2.15 bits per heavy atom. The van der Waals surface area contributed by atoms with Crippen molar-refractivity contribution >= 4 is 5.97 Å². The molecule has 0 radical (unpaired) electrons. The summed E-state index contributed by atoms with van der Waals surface area (Å²) in [4.78, 5) is 15.3. The Morgan fingerprint density at radius 1 is 1.40 bits per heavy atom. The van der Waals surface area contributed by atoms with Crippen molar-refractivity contribution in [3.63, 3.8) is 0 Å². The first kappa shape index (κ1) is 12.8. The van der Waals surface area contributed by atoms with E-state index in [0.29, 0.717) is 25.0 Å². The highest BCUT2D eigenvalue weighted by atomic mass is 19.1. The molecule has 1 aromatic carbocycles. The number of hydrogen-bond acceptors (Lipinski definition) is 3. The molecule has 3 rings (SSSR count). The van der Waals surface area contributed by atoms with Crippen molar-refractivity contribution in [3.05, 3.63) is 41.5 Å². The first-order valence-electron chi connectivity index (χ1n) is 6.37. The topological polar surface area (TPSA) is 75.3 Å². The third kappa shape index (κ3) is 1.89. The van der Waals surface area contributed by atoms with Crippen molar-refractivity contribution in [2.45, 2.75) is 25.5 Å². The van der Waals surface area contributed by atoms with Crippen LogP contribution in [0.2, 0.25) is 0 Å². The van der Waals surface area contributed by atoms with Crippen LogP contribution in [0.25, 0.3) is 11.4 Å². The van der Waals surface area contributed by atoms with Gasteiger partial charge in [-0.15, -0.1) is 0 Å². The molecule has 0 amide bonds. The second-order valence-electron chi connectivity index (χ2n) is 4.76. The van der Waals surface area contributed by atoms with Gasteiger partial charge in [0, 0.05) is 0 Å². The molecule has 1 aliphatic rings. The number of carbonyl (C=O) groups is 1. The molecule has 0 saturated carbocycles. The first-order valence-corrected chi connectivity index (χ1v) is 6.37. The summed E-state index contributed by atoms with van der Waals surface area (Å²) in [5.41, 5.74) is 0.540. The summed E-state index contributed by atoms with van der Waals surface area (Å²) >= 11 is 0. The van der Waals surface area contributed by atoms with Crippen LogP contribution in [0.3, 0.4) is 0 Å². The van der Waals surface area contributed by atoms with Crippen molar-refractivity contribution in [2.75, 3.05) is 0 Å². The molecular formula is C14H13FN2O3. The van der Waals surface area contributed by atoms with E-state index in [4.69, 9.17) is 0 Å². The zero-order chi connectivity index (χ0) is 14.3. The molecule has 104 valence electrons. The zero-order valence-electron chi connectivity index (χ0n) is 10.6. The van der Waals surface area contributed by atoms with Crippen LogP contribution in [0.5, 0.6) is 0 Å². The molecule has 20 heavy (non-hydrogen) atoms. The number of rotatable bonds is 2. The van der Waals surface area contributed by atoms with Crippen molar-refractivity contribution < 1.29 is 19.4 Å². The number of aliphatic hydroxyl groups excluding tert-OH is 1. The minimum Gasteiger partial charge on any atom is -0.476 e. The molecule has 5 nitrogen and oxygen atoms in total. The molecule has 1 atom stereocenters. The number of carboxylic acid groups (broad SMARTS) is 1. The quantitative estimate of drug-likeness (QED) is 0.881. The number of aromatic carboxylic acids is 1. The van der Waals surface area contributed by atoms with E-state index in [1.807, 2.05) is 0 Å². The van der Waals surface area contributed by atoms with Gasteiger partial charge in [0.2, 0.25) is 0 Å². The molecule has 0 fully saturated rings. The Kier molecular flexibility index (Phi) is 3.02. The summed E-state index contributed by atoms with van der Waals surface area (Å²) in [6.07, 6.45) is 0.836. The lowest BCUT2D eigenvalue weighted by Crippen LogP contribution is -2.19. The molecule has 2 N–H and O–H groups in total. The molecule has 0 bridgehead atoms. The maximum Gasteiger partial charge on any atom is 0.356 e. The van der Waals surface area contributed by atoms with Crippen molar-refractivity contribution in [1.29, 1.82) is 0 Å². The minimum absolute atomic E-state index is 0.109. The van der Waals surface area contributed by atoms with Gasteiger partial charge >= 0.3 is 5.97 Å². The van der Waals surface area contributed by atoms with Gasteiger partial charge in [-0.3, -0.25) is 0 Å². The second kappa shape index (κ2) is 4.72. The summed E-state index contributed by atoms with van der Waals surface area (Å²) in [5, 5.41) is 19.3. The molecule has 1 aromatic heterocycles. The standard InChI is InChI=1S/C14H13FN2O3/c15-9-5-2-1-4-8(9)13-16-12(14(19)20)10-6-3-7-11(18)17(10)13/h1-2,4-5,11,18H,3,6-7H2,(H,19,20). The summed E-state index contributed by atoms with van der Waals surface area (Å²) in [6, 6.07) is 6.01. The molecule has 6 heteroatoms. The van der Waals surface area contributed by atoms with Crippen molar-refractivity contribution in [3.8, 4) is 11.4 Å². The molecular weight excluding hydrogens is 263 g/mol. The van der Waals surface area contributed by atoms with Gasteiger partial charge < -0.3 is 14.8 Å².